The maximum absolute atomic E-state index is 9.58. The topological polar surface area (TPSA) is 71.0 Å². The van der Waals surface area contributed by atoms with E-state index in [1.54, 1.807) is 36.7 Å². The van der Waals surface area contributed by atoms with Crippen LogP contribution in [0.15, 0.2) is 49.3 Å². The molecule has 0 unspecified atom stereocenters. The summed E-state index contributed by atoms with van der Waals surface area (Å²) in [6, 6.07) is 6.75. The van der Waals surface area contributed by atoms with Crippen LogP contribution in [-0.4, -0.2) is 26.7 Å². The molecule has 0 aliphatic carbocycles. The molecule has 0 aliphatic rings. The molecule has 2 aromatic heterocycles. The average Bonchev–Trinajstić information content (AvgIpc) is 2.88. The number of phenols is 1. The van der Waals surface area contributed by atoms with E-state index in [1.807, 2.05) is 6.07 Å². The first-order valence-electron chi connectivity index (χ1n) is 6.15. The van der Waals surface area contributed by atoms with Gasteiger partial charge in [0.2, 0.25) is 0 Å². The molecular weight excluding hydrogens is 254 g/mol. The number of aromatic hydroxyl groups is 1. The van der Waals surface area contributed by atoms with Crippen molar-refractivity contribution in [2.45, 2.75) is 0 Å². The number of hydrogen-bond acceptors (Lipinski definition) is 4. The quantitative estimate of drug-likeness (QED) is 0.713. The Morgan fingerprint density at radius 1 is 1.35 bits per heavy atom. The molecule has 1 aromatic carbocycles. The third-order valence-electron chi connectivity index (χ3n) is 2.86. The number of ether oxygens (including phenoxy) is 1. The fraction of sp³-hybridized carbons (Fsp3) is 0.0667. The molecule has 0 aliphatic heterocycles. The van der Waals surface area contributed by atoms with Crippen molar-refractivity contribution < 1.29 is 9.84 Å². The van der Waals surface area contributed by atoms with Crippen LogP contribution >= 0.6 is 0 Å². The van der Waals surface area contributed by atoms with E-state index in [-0.39, 0.29) is 5.75 Å². The summed E-state index contributed by atoms with van der Waals surface area (Å²) in [4.78, 5) is 11.7. The number of aromatic nitrogens is 3. The van der Waals surface area contributed by atoms with Crippen LogP contribution in [-0.2, 0) is 0 Å². The van der Waals surface area contributed by atoms with Crippen LogP contribution in [0.4, 0.5) is 0 Å². The maximum Gasteiger partial charge on any atom is 0.142 e. The Kier molecular flexibility index (Phi) is 3.09. The van der Waals surface area contributed by atoms with Crippen molar-refractivity contribution in [1.29, 1.82) is 0 Å². The van der Waals surface area contributed by atoms with Crippen molar-refractivity contribution in [2.75, 3.05) is 6.61 Å². The Hall–Kier alpha value is -2.82. The molecule has 0 amide bonds. The van der Waals surface area contributed by atoms with Gasteiger partial charge in [-0.1, -0.05) is 12.7 Å². The molecule has 0 radical (unpaired) electrons. The molecule has 0 bridgehead atoms. The minimum Gasteiger partial charge on any atom is -0.508 e. The summed E-state index contributed by atoms with van der Waals surface area (Å²) in [5.74, 6) is 1.37. The summed E-state index contributed by atoms with van der Waals surface area (Å²) >= 11 is 0. The van der Waals surface area contributed by atoms with Gasteiger partial charge in [-0.05, 0) is 18.2 Å². The van der Waals surface area contributed by atoms with Gasteiger partial charge in [0.15, 0.2) is 0 Å². The zero-order valence-electron chi connectivity index (χ0n) is 10.7. The molecule has 3 aromatic rings. The summed E-state index contributed by atoms with van der Waals surface area (Å²) in [5, 5.41) is 9.58. The number of hydrogen-bond donors (Lipinski definition) is 2. The van der Waals surface area contributed by atoms with Gasteiger partial charge in [0.05, 0.1) is 22.8 Å². The van der Waals surface area contributed by atoms with Crippen LogP contribution in [0.25, 0.3) is 22.4 Å². The average molecular weight is 267 g/mol. The number of nitrogens with one attached hydrogen (secondary N) is 1. The third-order valence-corrected chi connectivity index (χ3v) is 2.86. The van der Waals surface area contributed by atoms with E-state index < -0.39 is 0 Å². The second kappa shape index (κ2) is 5.05. The minimum atomic E-state index is 0.144. The molecule has 0 saturated heterocycles. The number of benzene rings is 1. The smallest absolute Gasteiger partial charge is 0.142 e. The van der Waals surface area contributed by atoms with E-state index in [2.05, 4.69) is 21.5 Å². The van der Waals surface area contributed by atoms with Crippen molar-refractivity contribution in [1.82, 2.24) is 15.0 Å². The van der Waals surface area contributed by atoms with Crippen molar-refractivity contribution in [3.05, 3.63) is 49.3 Å². The van der Waals surface area contributed by atoms with E-state index in [1.165, 1.54) is 0 Å². The molecule has 3 rings (SSSR count). The Balaban J connectivity index is 2.10. The fourth-order valence-corrected chi connectivity index (χ4v) is 1.96. The fourth-order valence-electron chi connectivity index (χ4n) is 1.96. The van der Waals surface area contributed by atoms with Gasteiger partial charge in [-0.3, -0.25) is 4.98 Å². The highest BCUT2D eigenvalue weighted by molar-refractivity contribution is 5.80. The summed E-state index contributed by atoms with van der Waals surface area (Å²) in [6.45, 7) is 3.98. The normalized spacial score (nSPS) is 10.6. The lowest BCUT2D eigenvalue weighted by atomic mass is 10.2. The zero-order valence-corrected chi connectivity index (χ0v) is 10.7. The second-order valence-corrected chi connectivity index (χ2v) is 4.26. The zero-order chi connectivity index (χ0) is 13.9. The number of pyridine rings is 1. The number of imidazole rings is 1. The minimum absolute atomic E-state index is 0.144. The number of fused-ring (bicyclic) bond motifs is 1. The van der Waals surface area contributed by atoms with Crippen LogP contribution in [0.2, 0.25) is 0 Å². The second-order valence-electron chi connectivity index (χ2n) is 4.26. The van der Waals surface area contributed by atoms with Crippen molar-refractivity contribution in [3.8, 4) is 22.9 Å². The van der Waals surface area contributed by atoms with E-state index in [9.17, 15) is 5.11 Å². The predicted molar refractivity (Wildman–Crippen MR) is 76.7 cm³/mol. The molecule has 0 atom stereocenters. The number of nitrogens with zero attached hydrogens (tertiary/aromatic N) is 2. The molecule has 100 valence electrons. The monoisotopic (exact) mass is 267 g/mol. The van der Waals surface area contributed by atoms with Gasteiger partial charge >= 0.3 is 0 Å². The summed E-state index contributed by atoms with van der Waals surface area (Å²) in [6.07, 6.45) is 5.06. The standard InChI is InChI=1S/C15H13N3O2/c1-2-7-20-14-8-10(19)3-4-11(14)15-17-12-5-6-16-9-13(12)18-15/h2-6,8-9,19H,1,7H2,(H,17,18). The molecular formula is C15H13N3O2. The van der Waals surface area contributed by atoms with E-state index in [0.717, 1.165) is 16.6 Å². The number of aromatic amines is 1. The van der Waals surface area contributed by atoms with Crippen LogP contribution in [0.3, 0.4) is 0 Å². The lowest BCUT2D eigenvalue weighted by molar-refractivity contribution is 0.361. The Labute approximate surface area is 115 Å². The van der Waals surface area contributed by atoms with Gasteiger partial charge in [0, 0.05) is 12.3 Å². The van der Waals surface area contributed by atoms with Gasteiger partial charge in [-0.25, -0.2) is 4.98 Å². The highest BCUT2D eigenvalue weighted by atomic mass is 16.5. The Bertz CT molecular complexity index is 732. The predicted octanol–water partition coefficient (Wildman–Crippen LogP) is 2.90. The molecule has 5 heteroatoms. The van der Waals surface area contributed by atoms with Crippen molar-refractivity contribution in [2.24, 2.45) is 0 Å². The summed E-state index contributed by atoms with van der Waals surface area (Å²) < 4.78 is 5.56. The SMILES string of the molecule is C=CCOc1cc(O)ccc1-c1nc2ccncc2[nH]1. The van der Waals surface area contributed by atoms with Gasteiger partial charge in [-0.15, -0.1) is 0 Å². The first-order chi connectivity index (χ1) is 9.78. The van der Waals surface area contributed by atoms with Crippen LogP contribution < -0.4 is 4.74 Å². The summed E-state index contributed by atoms with van der Waals surface area (Å²) in [7, 11) is 0. The number of rotatable bonds is 4. The van der Waals surface area contributed by atoms with Crippen LogP contribution in [0.1, 0.15) is 0 Å². The highest BCUT2D eigenvalue weighted by Gasteiger charge is 2.11. The molecule has 0 saturated carbocycles. The largest absolute Gasteiger partial charge is 0.508 e. The third kappa shape index (κ3) is 2.21. The molecule has 0 spiro atoms. The molecule has 5 nitrogen and oxygen atoms in total. The lowest BCUT2D eigenvalue weighted by Gasteiger charge is -2.08. The molecule has 20 heavy (non-hydrogen) atoms. The maximum atomic E-state index is 9.58. The van der Waals surface area contributed by atoms with Gasteiger partial charge in [0.25, 0.3) is 0 Å². The van der Waals surface area contributed by atoms with E-state index >= 15 is 0 Å². The van der Waals surface area contributed by atoms with Crippen LogP contribution in [0.5, 0.6) is 11.5 Å². The van der Waals surface area contributed by atoms with Crippen LogP contribution in [0, 0.1) is 0 Å². The van der Waals surface area contributed by atoms with Gasteiger partial charge in [0.1, 0.15) is 23.9 Å². The lowest BCUT2D eigenvalue weighted by Crippen LogP contribution is -1.95. The molecule has 2 heterocycles. The van der Waals surface area contributed by atoms with Gasteiger partial charge in [-0.2, -0.15) is 0 Å². The van der Waals surface area contributed by atoms with Gasteiger partial charge < -0.3 is 14.8 Å². The van der Waals surface area contributed by atoms with Crippen molar-refractivity contribution in [3.63, 3.8) is 0 Å². The number of H-pyrrole nitrogens is 1. The number of phenolic OH excluding ortho intramolecular Hbond substituents is 1. The van der Waals surface area contributed by atoms with E-state index in [4.69, 9.17) is 4.74 Å². The van der Waals surface area contributed by atoms with E-state index in [0.29, 0.717) is 18.2 Å². The highest BCUT2D eigenvalue weighted by Crippen LogP contribution is 2.32. The van der Waals surface area contributed by atoms with Crippen molar-refractivity contribution >= 4 is 11.0 Å². The first kappa shape index (κ1) is 12.2. The molecule has 2 N–H and O–H groups in total. The Morgan fingerprint density at radius 2 is 2.25 bits per heavy atom. The Morgan fingerprint density at radius 3 is 3.05 bits per heavy atom. The molecule has 0 fully saturated rings. The first-order valence-corrected chi connectivity index (χ1v) is 6.15. The summed E-state index contributed by atoms with van der Waals surface area (Å²) in [5.41, 5.74) is 2.46.